The monoisotopic (exact) mass is 564 g/mol. The fraction of sp³-hybridized carbons (Fsp3) is 0.206. The van der Waals surface area contributed by atoms with Crippen LogP contribution < -0.4 is 10.2 Å². The first-order chi connectivity index (χ1) is 20.5. The van der Waals surface area contributed by atoms with Gasteiger partial charge < -0.3 is 34.3 Å². The summed E-state index contributed by atoms with van der Waals surface area (Å²) in [5.41, 5.74) is 3.09. The van der Waals surface area contributed by atoms with Crippen molar-refractivity contribution in [2.75, 3.05) is 13.2 Å². The fourth-order valence-electron chi connectivity index (χ4n) is 6.06. The van der Waals surface area contributed by atoms with E-state index >= 15 is 0 Å². The minimum absolute atomic E-state index is 0.139. The zero-order valence-electron chi connectivity index (χ0n) is 22.4. The van der Waals surface area contributed by atoms with Gasteiger partial charge in [0, 0.05) is 39.4 Å². The molecule has 212 valence electrons. The van der Waals surface area contributed by atoms with Gasteiger partial charge in [0.05, 0.1) is 6.61 Å². The fourth-order valence-corrected chi connectivity index (χ4v) is 6.06. The van der Waals surface area contributed by atoms with E-state index in [1.165, 1.54) is 6.07 Å². The maximum absolute atomic E-state index is 13.1. The number of aliphatic hydroxyl groups is 4. The number of ether oxygens (including phenoxy) is 2. The average Bonchev–Trinajstić information content (AvgIpc) is 3.03. The number of hydrogen-bond acceptors (Lipinski definition) is 8. The Morgan fingerprint density at radius 1 is 0.690 bits per heavy atom. The van der Waals surface area contributed by atoms with Gasteiger partial charge in [0.2, 0.25) is 0 Å². The number of aliphatic hydroxyl groups excluding tert-OH is 4. The first-order valence-electron chi connectivity index (χ1n) is 13.8. The van der Waals surface area contributed by atoms with Gasteiger partial charge in [0.1, 0.15) is 54.2 Å². The summed E-state index contributed by atoms with van der Waals surface area (Å²) >= 11 is 0. The molecule has 0 amide bonds. The molecule has 42 heavy (non-hydrogen) atoms. The van der Waals surface area contributed by atoms with Gasteiger partial charge in [-0.1, -0.05) is 78.9 Å². The van der Waals surface area contributed by atoms with E-state index in [1.807, 2.05) is 78.9 Å². The van der Waals surface area contributed by atoms with Crippen LogP contribution in [0.5, 0.6) is 5.75 Å². The number of rotatable bonds is 5. The summed E-state index contributed by atoms with van der Waals surface area (Å²) in [6.45, 7) is -0.684. The molecule has 2 heterocycles. The second kappa shape index (κ2) is 10.5. The van der Waals surface area contributed by atoms with Gasteiger partial charge in [0.15, 0.2) is 5.43 Å². The van der Waals surface area contributed by atoms with Crippen LogP contribution in [0.2, 0.25) is 0 Å². The minimum atomic E-state index is -1.50. The lowest BCUT2D eigenvalue weighted by Gasteiger charge is -2.39. The van der Waals surface area contributed by atoms with Gasteiger partial charge >= 0.3 is 0 Å². The van der Waals surface area contributed by atoms with Crippen LogP contribution in [-0.2, 0) is 4.74 Å². The Kier molecular flexibility index (Phi) is 6.65. The first kappa shape index (κ1) is 26.6. The first-order valence-corrected chi connectivity index (χ1v) is 13.8. The van der Waals surface area contributed by atoms with E-state index in [2.05, 4.69) is 0 Å². The lowest BCUT2D eigenvalue weighted by atomic mass is 9.88. The van der Waals surface area contributed by atoms with Crippen LogP contribution in [0.15, 0.2) is 100 Å². The molecule has 4 aromatic carbocycles. The molecule has 0 spiro atoms. The van der Waals surface area contributed by atoms with Gasteiger partial charge in [-0.2, -0.15) is 0 Å². The topological polar surface area (TPSA) is 130 Å². The Labute approximate surface area is 239 Å². The number of fused-ring (bicyclic) bond motifs is 6. The van der Waals surface area contributed by atoms with Crippen LogP contribution in [-0.4, -0.2) is 64.2 Å². The molecule has 2 aliphatic heterocycles. The Morgan fingerprint density at radius 3 is 2.07 bits per heavy atom. The van der Waals surface area contributed by atoms with Gasteiger partial charge in [0.25, 0.3) is 0 Å². The summed E-state index contributed by atoms with van der Waals surface area (Å²) in [5.74, 6) is 0.889. The summed E-state index contributed by atoms with van der Waals surface area (Å²) in [4.78, 5) is 13.1. The maximum Gasteiger partial charge on any atom is 0.190 e. The van der Waals surface area contributed by atoms with Crippen molar-refractivity contribution in [3.05, 3.63) is 101 Å². The molecular weight excluding hydrogens is 536 g/mol. The molecule has 0 saturated carbocycles. The van der Waals surface area contributed by atoms with Crippen LogP contribution in [0.3, 0.4) is 0 Å². The van der Waals surface area contributed by atoms with Crippen molar-refractivity contribution in [3.8, 4) is 28.2 Å². The van der Waals surface area contributed by atoms with Crippen molar-refractivity contribution in [2.24, 2.45) is 0 Å². The third-order valence-corrected chi connectivity index (χ3v) is 8.12. The largest absolute Gasteiger partial charge is 0.490 e. The molecule has 0 bridgehead atoms. The predicted molar refractivity (Wildman–Crippen MR) is 159 cm³/mol. The molecule has 5 atom stereocenters. The molecule has 1 aliphatic carbocycles. The second-order valence-corrected chi connectivity index (χ2v) is 10.6. The predicted octanol–water partition coefficient (Wildman–Crippen LogP) is 4.09. The average molecular weight is 565 g/mol. The van der Waals surface area contributed by atoms with E-state index in [-0.39, 0.29) is 12.0 Å². The van der Waals surface area contributed by atoms with Crippen molar-refractivity contribution >= 4 is 32.5 Å². The van der Waals surface area contributed by atoms with Crippen LogP contribution in [0, 0.1) is 0 Å². The van der Waals surface area contributed by atoms with Crippen LogP contribution >= 0.6 is 0 Å². The normalized spacial score (nSPS) is 22.7. The molecular formula is C34H28O8. The lowest BCUT2D eigenvalue weighted by molar-refractivity contribution is -0.234. The van der Waals surface area contributed by atoms with E-state index in [0.29, 0.717) is 22.5 Å². The zero-order valence-corrected chi connectivity index (χ0v) is 22.4. The standard InChI is InChI=1S/C34H28O8/c35-16-27-32(37)34(39)33(38)28(42-27)17-40-24-15-26-31(22-13-7-5-11-20(22)24)29(18-8-2-1-3-9-18)30-21-12-6-4-10-19(21)23(36)14-25(30)41-26/h1-15,27-28,32-35,37-39H,16-17H2/t27?,28-,32-,33?,34+/m0/s1. The quantitative estimate of drug-likeness (QED) is 0.182. The van der Waals surface area contributed by atoms with Crippen molar-refractivity contribution in [3.63, 3.8) is 0 Å². The molecule has 2 unspecified atom stereocenters. The third-order valence-electron chi connectivity index (χ3n) is 8.12. The number of hydrogen-bond donors (Lipinski definition) is 4. The highest BCUT2D eigenvalue weighted by molar-refractivity contribution is 6.20. The van der Waals surface area contributed by atoms with Gasteiger partial charge in [-0.3, -0.25) is 4.79 Å². The lowest BCUT2D eigenvalue weighted by Crippen LogP contribution is -2.59. The van der Waals surface area contributed by atoms with Crippen LogP contribution in [0.4, 0.5) is 0 Å². The Morgan fingerprint density at radius 2 is 1.33 bits per heavy atom. The summed E-state index contributed by atoms with van der Waals surface area (Å²) in [6.07, 6.45) is -6.40. The summed E-state index contributed by atoms with van der Waals surface area (Å²) in [5, 5.41) is 44.4. The van der Waals surface area contributed by atoms with Crippen LogP contribution in [0.25, 0.3) is 55.0 Å². The van der Waals surface area contributed by atoms with E-state index < -0.39 is 37.1 Å². The molecule has 0 aromatic heterocycles. The Balaban J connectivity index is 1.46. The highest BCUT2D eigenvalue weighted by Gasteiger charge is 2.43. The highest BCUT2D eigenvalue weighted by Crippen LogP contribution is 2.47. The molecule has 4 N–H and O–H groups in total. The third kappa shape index (κ3) is 4.24. The van der Waals surface area contributed by atoms with E-state index in [4.69, 9.17) is 13.9 Å². The van der Waals surface area contributed by atoms with E-state index in [9.17, 15) is 25.2 Å². The molecule has 8 nitrogen and oxygen atoms in total. The molecule has 8 heteroatoms. The second-order valence-electron chi connectivity index (χ2n) is 10.6. The van der Waals surface area contributed by atoms with E-state index in [1.54, 1.807) is 6.07 Å². The minimum Gasteiger partial charge on any atom is -0.490 e. The van der Waals surface area contributed by atoms with E-state index in [0.717, 1.165) is 38.2 Å². The Hall–Kier alpha value is -4.31. The van der Waals surface area contributed by atoms with Crippen LogP contribution in [0.1, 0.15) is 0 Å². The SMILES string of the molecule is O=c1cc2oc3cc(OC[C@@H]4OC(CO)[C@H](O)[C@@H](O)C4O)c4ccccc4c3c(-c3ccccc3)c-2c2ccccc12. The molecule has 1 saturated heterocycles. The molecule has 0 radical (unpaired) electrons. The smallest absolute Gasteiger partial charge is 0.190 e. The van der Waals surface area contributed by atoms with Gasteiger partial charge in [-0.25, -0.2) is 0 Å². The summed E-state index contributed by atoms with van der Waals surface area (Å²) < 4.78 is 18.3. The van der Waals surface area contributed by atoms with Crippen molar-refractivity contribution in [2.45, 2.75) is 30.5 Å². The number of benzene rings is 5. The van der Waals surface area contributed by atoms with Crippen molar-refractivity contribution < 1.29 is 34.3 Å². The van der Waals surface area contributed by atoms with Crippen molar-refractivity contribution in [1.29, 1.82) is 0 Å². The summed E-state index contributed by atoms with van der Waals surface area (Å²) in [7, 11) is 0. The molecule has 3 aliphatic rings. The molecule has 1 fully saturated rings. The van der Waals surface area contributed by atoms with Gasteiger partial charge in [-0.15, -0.1) is 0 Å². The Bertz CT molecular complexity index is 1950. The maximum atomic E-state index is 13.1. The molecule has 7 rings (SSSR count). The van der Waals surface area contributed by atoms with Crippen molar-refractivity contribution in [1.82, 2.24) is 0 Å². The molecule has 4 aromatic rings. The highest BCUT2D eigenvalue weighted by atomic mass is 16.6. The summed E-state index contributed by atoms with van der Waals surface area (Å²) in [6, 6.07) is 28.5. The zero-order chi connectivity index (χ0) is 29.0. The van der Waals surface area contributed by atoms with Gasteiger partial charge in [-0.05, 0) is 16.3 Å².